The van der Waals surface area contributed by atoms with Gasteiger partial charge in [0.25, 0.3) is 5.89 Å². The van der Waals surface area contributed by atoms with Crippen molar-refractivity contribution in [2.45, 2.75) is 13.0 Å². The smallest absolute Gasteiger partial charge is 0.261 e. The van der Waals surface area contributed by atoms with Crippen LogP contribution in [0, 0.1) is 0 Å². The second-order valence-electron chi connectivity index (χ2n) is 3.50. The summed E-state index contributed by atoms with van der Waals surface area (Å²) in [6, 6.07) is 5.00. The number of phenolic OH excluding ortho intramolecular Hbond substituents is 1. The fourth-order valence-electron chi connectivity index (χ4n) is 1.29. The maximum absolute atomic E-state index is 9.71. The third-order valence-corrected chi connectivity index (χ3v) is 2.84. The summed E-state index contributed by atoms with van der Waals surface area (Å²) in [5, 5.41) is 13.5. The molecule has 0 saturated carbocycles. The van der Waals surface area contributed by atoms with E-state index in [1.54, 1.807) is 25.3 Å². The molecule has 6 heteroatoms. The van der Waals surface area contributed by atoms with E-state index in [4.69, 9.17) is 9.26 Å². The molecular weight excluding hydrogens is 288 g/mol. The van der Waals surface area contributed by atoms with E-state index in [2.05, 4.69) is 26.1 Å². The van der Waals surface area contributed by atoms with E-state index >= 15 is 0 Å². The van der Waals surface area contributed by atoms with Crippen molar-refractivity contribution in [2.24, 2.45) is 0 Å². The normalized spacial score (nSPS) is 12.6. The first-order chi connectivity index (χ1) is 8.11. The SMILES string of the molecule is COC(C)c1noc(-c2cc(Br)ccc2O)n1. The number of methoxy groups -OCH3 is 1. The van der Waals surface area contributed by atoms with Crippen molar-refractivity contribution >= 4 is 15.9 Å². The molecule has 0 aliphatic carbocycles. The second kappa shape index (κ2) is 4.85. The van der Waals surface area contributed by atoms with Gasteiger partial charge in [0.05, 0.1) is 5.56 Å². The van der Waals surface area contributed by atoms with E-state index in [1.165, 1.54) is 0 Å². The van der Waals surface area contributed by atoms with Gasteiger partial charge in [-0.3, -0.25) is 0 Å². The fraction of sp³-hybridized carbons (Fsp3) is 0.273. The van der Waals surface area contributed by atoms with Crippen LogP contribution in [0.5, 0.6) is 5.75 Å². The zero-order valence-corrected chi connectivity index (χ0v) is 10.9. The number of phenols is 1. The van der Waals surface area contributed by atoms with Crippen LogP contribution in [0.15, 0.2) is 27.2 Å². The number of nitrogens with zero attached hydrogens (tertiary/aromatic N) is 2. The highest BCUT2D eigenvalue weighted by atomic mass is 79.9. The number of rotatable bonds is 3. The van der Waals surface area contributed by atoms with Gasteiger partial charge in [0.15, 0.2) is 0 Å². The van der Waals surface area contributed by atoms with Gasteiger partial charge < -0.3 is 14.4 Å². The molecule has 1 heterocycles. The van der Waals surface area contributed by atoms with Gasteiger partial charge in [-0.05, 0) is 25.1 Å². The maximum atomic E-state index is 9.71. The Hall–Kier alpha value is -1.40. The summed E-state index contributed by atoms with van der Waals surface area (Å²) in [6.45, 7) is 1.81. The van der Waals surface area contributed by atoms with Crippen molar-refractivity contribution in [2.75, 3.05) is 7.11 Å². The summed E-state index contributed by atoms with van der Waals surface area (Å²) in [7, 11) is 1.57. The summed E-state index contributed by atoms with van der Waals surface area (Å²) < 4.78 is 11.0. The highest BCUT2D eigenvalue weighted by Gasteiger charge is 2.16. The van der Waals surface area contributed by atoms with Gasteiger partial charge in [-0.2, -0.15) is 4.98 Å². The number of aromatic nitrogens is 2. The van der Waals surface area contributed by atoms with Crippen LogP contribution in [-0.2, 0) is 4.74 Å². The molecule has 1 N–H and O–H groups in total. The molecule has 0 aliphatic heterocycles. The molecule has 1 unspecified atom stereocenters. The Bertz CT molecular complexity index is 527. The molecule has 0 bridgehead atoms. The predicted octanol–water partition coefficient (Wildman–Crippen LogP) is 2.91. The molecule has 0 spiro atoms. The van der Waals surface area contributed by atoms with Gasteiger partial charge in [-0.1, -0.05) is 21.1 Å². The van der Waals surface area contributed by atoms with Crippen molar-refractivity contribution < 1.29 is 14.4 Å². The molecule has 17 heavy (non-hydrogen) atoms. The van der Waals surface area contributed by atoms with Crippen molar-refractivity contribution in [3.8, 4) is 17.2 Å². The molecule has 0 amide bonds. The van der Waals surface area contributed by atoms with E-state index in [9.17, 15) is 5.11 Å². The van der Waals surface area contributed by atoms with Gasteiger partial charge in [-0.25, -0.2) is 0 Å². The highest BCUT2D eigenvalue weighted by molar-refractivity contribution is 9.10. The van der Waals surface area contributed by atoms with E-state index in [0.717, 1.165) is 4.47 Å². The van der Waals surface area contributed by atoms with Crippen LogP contribution in [-0.4, -0.2) is 22.4 Å². The van der Waals surface area contributed by atoms with Crippen molar-refractivity contribution in [3.05, 3.63) is 28.5 Å². The Morgan fingerprint density at radius 3 is 2.94 bits per heavy atom. The lowest BCUT2D eigenvalue weighted by atomic mass is 10.2. The minimum atomic E-state index is -0.248. The van der Waals surface area contributed by atoms with Gasteiger partial charge in [0.1, 0.15) is 11.9 Å². The van der Waals surface area contributed by atoms with Gasteiger partial charge in [0, 0.05) is 11.6 Å². The lowest BCUT2D eigenvalue weighted by molar-refractivity contribution is 0.109. The first-order valence-corrected chi connectivity index (χ1v) is 5.76. The molecule has 2 aromatic rings. The van der Waals surface area contributed by atoms with Gasteiger partial charge in [0.2, 0.25) is 5.82 Å². The summed E-state index contributed by atoms with van der Waals surface area (Å²) >= 11 is 3.32. The summed E-state index contributed by atoms with van der Waals surface area (Å²) in [5.41, 5.74) is 0.487. The molecule has 90 valence electrons. The molecule has 0 fully saturated rings. The van der Waals surface area contributed by atoms with Crippen LogP contribution < -0.4 is 0 Å². The standard InChI is InChI=1S/C11H11BrN2O3/c1-6(16-2)10-13-11(17-14-10)8-5-7(12)3-4-9(8)15/h3-6,15H,1-2H3. The third-order valence-electron chi connectivity index (χ3n) is 2.35. The minimum Gasteiger partial charge on any atom is -0.507 e. The molecule has 1 atom stereocenters. The Kier molecular flexibility index (Phi) is 3.44. The van der Waals surface area contributed by atoms with E-state index in [1.807, 2.05) is 6.92 Å². The zero-order valence-electron chi connectivity index (χ0n) is 9.35. The average molecular weight is 299 g/mol. The first-order valence-electron chi connectivity index (χ1n) is 4.97. The van der Waals surface area contributed by atoms with Crippen LogP contribution in [0.1, 0.15) is 18.9 Å². The number of hydrogen-bond donors (Lipinski definition) is 1. The van der Waals surface area contributed by atoms with Gasteiger partial charge >= 0.3 is 0 Å². The van der Waals surface area contributed by atoms with Gasteiger partial charge in [-0.15, -0.1) is 0 Å². The van der Waals surface area contributed by atoms with E-state index in [0.29, 0.717) is 11.4 Å². The molecular formula is C11H11BrN2O3. The van der Waals surface area contributed by atoms with Crippen LogP contribution in [0.4, 0.5) is 0 Å². The van der Waals surface area contributed by atoms with Crippen molar-refractivity contribution in [3.63, 3.8) is 0 Å². The molecule has 1 aromatic carbocycles. The lowest BCUT2D eigenvalue weighted by Crippen LogP contribution is -1.97. The van der Waals surface area contributed by atoms with Crippen LogP contribution in [0.25, 0.3) is 11.5 Å². The number of halogens is 1. The quantitative estimate of drug-likeness (QED) is 0.943. The lowest BCUT2D eigenvalue weighted by Gasteiger charge is -2.01. The second-order valence-corrected chi connectivity index (χ2v) is 4.41. The fourth-order valence-corrected chi connectivity index (χ4v) is 1.66. The third kappa shape index (κ3) is 2.48. The Morgan fingerprint density at radius 2 is 2.24 bits per heavy atom. The Morgan fingerprint density at radius 1 is 1.47 bits per heavy atom. The van der Waals surface area contributed by atoms with E-state index < -0.39 is 0 Å². The maximum Gasteiger partial charge on any atom is 0.261 e. The first kappa shape index (κ1) is 12.1. The summed E-state index contributed by atoms with van der Waals surface area (Å²) in [4.78, 5) is 4.17. The topological polar surface area (TPSA) is 68.4 Å². The molecule has 1 aromatic heterocycles. The number of aromatic hydroxyl groups is 1. The summed E-state index contributed by atoms with van der Waals surface area (Å²) in [5.74, 6) is 0.804. The molecule has 5 nitrogen and oxygen atoms in total. The predicted molar refractivity (Wildman–Crippen MR) is 64.5 cm³/mol. The van der Waals surface area contributed by atoms with Crippen LogP contribution >= 0.6 is 15.9 Å². The number of hydrogen-bond acceptors (Lipinski definition) is 5. The number of ether oxygens (including phenoxy) is 1. The van der Waals surface area contributed by atoms with E-state index in [-0.39, 0.29) is 17.7 Å². The molecule has 0 aliphatic rings. The number of benzene rings is 1. The monoisotopic (exact) mass is 298 g/mol. The zero-order chi connectivity index (χ0) is 12.4. The van der Waals surface area contributed by atoms with Crippen LogP contribution in [0.3, 0.4) is 0 Å². The van der Waals surface area contributed by atoms with Crippen LogP contribution in [0.2, 0.25) is 0 Å². The Balaban J connectivity index is 2.40. The Labute approximate surface area is 107 Å². The molecule has 0 saturated heterocycles. The minimum absolute atomic E-state index is 0.0912. The molecule has 2 rings (SSSR count). The van der Waals surface area contributed by atoms with Crippen molar-refractivity contribution in [1.82, 2.24) is 10.1 Å². The molecule has 0 radical (unpaired) electrons. The summed E-state index contributed by atoms with van der Waals surface area (Å²) in [6.07, 6.45) is -0.248. The highest BCUT2D eigenvalue weighted by Crippen LogP contribution is 2.31. The average Bonchev–Trinajstić information content (AvgIpc) is 2.80. The largest absolute Gasteiger partial charge is 0.507 e. The van der Waals surface area contributed by atoms with Crippen molar-refractivity contribution in [1.29, 1.82) is 0 Å².